The van der Waals surface area contributed by atoms with Crippen molar-refractivity contribution in [2.75, 3.05) is 13.7 Å². The van der Waals surface area contributed by atoms with Gasteiger partial charge in [-0.3, -0.25) is 0 Å². The van der Waals surface area contributed by atoms with Crippen LogP contribution in [-0.2, 0) is 9.53 Å². The summed E-state index contributed by atoms with van der Waals surface area (Å²) in [5.41, 5.74) is 1.50. The first-order chi connectivity index (χ1) is 10.5. The average Bonchev–Trinajstić information content (AvgIpc) is 2.46. The summed E-state index contributed by atoms with van der Waals surface area (Å²) in [6.45, 7) is 3.66. The first kappa shape index (κ1) is 16.4. The molecule has 2 N–H and O–H groups in total. The molecule has 118 valence electrons. The standard InChI is InChI=1S/C15H17BrN2O4/c1-4-22-14(19)12-8(2)17-15(20)18-13(12)10-7-9(16)5-6-11(10)21-3/h5-7,13H,4H2,1-3H3,(H2,17,18,20). The Hall–Kier alpha value is -2.02. The highest BCUT2D eigenvalue weighted by atomic mass is 79.9. The molecule has 1 aliphatic heterocycles. The molecule has 1 heterocycles. The predicted molar refractivity (Wildman–Crippen MR) is 84.4 cm³/mol. The number of halogens is 1. The van der Waals surface area contributed by atoms with Crippen LogP contribution in [0.1, 0.15) is 25.5 Å². The van der Waals surface area contributed by atoms with Gasteiger partial charge in [0.2, 0.25) is 0 Å². The number of rotatable bonds is 4. The van der Waals surface area contributed by atoms with Crippen LogP contribution in [0.4, 0.5) is 4.79 Å². The minimum Gasteiger partial charge on any atom is -0.496 e. The number of urea groups is 1. The number of hydrogen-bond acceptors (Lipinski definition) is 4. The van der Waals surface area contributed by atoms with E-state index in [1.54, 1.807) is 19.9 Å². The third-order valence-electron chi connectivity index (χ3n) is 3.27. The molecule has 1 atom stereocenters. The Labute approximate surface area is 137 Å². The lowest BCUT2D eigenvalue weighted by molar-refractivity contribution is -0.139. The van der Waals surface area contributed by atoms with E-state index in [1.165, 1.54) is 7.11 Å². The molecular formula is C15H17BrN2O4. The van der Waals surface area contributed by atoms with Gasteiger partial charge < -0.3 is 20.1 Å². The lowest BCUT2D eigenvalue weighted by Gasteiger charge is -2.29. The van der Waals surface area contributed by atoms with Gasteiger partial charge in [-0.25, -0.2) is 9.59 Å². The number of benzene rings is 1. The Morgan fingerprint density at radius 1 is 1.41 bits per heavy atom. The van der Waals surface area contributed by atoms with Crippen molar-refractivity contribution in [3.8, 4) is 5.75 Å². The number of esters is 1. The Kier molecular flexibility index (Phi) is 5.07. The van der Waals surface area contributed by atoms with Crippen molar-refractivity contribution in [2.24, 2.45) is 0 Å². The highest BCUT2D eigenvalue weighted by Gasteiger charge is 2.33. The van der Waals surface area contributed by atoms with Gasteiger partial charge in [-0.2, -0.15) is 0 Å². The van der Waals surface area contributed by atoms with E-state index < -0.39 is 12.0 Å². The Morgan fingerprint density at radius 3 is 2.77 bits per heavy atom. The zero-order valence-corrected chi connectivity index (χ0v) is 14.1. The lowest BCUT2D eigenvalue weighted by atomic mass is 9.95. The zero-order chi connectivity index (χ0) is 16.3. The number of methoxy groups -OCH3 is 1. The van der Waals surface area contributed by atoms with Crippen LogP contribution in [0, 0.1) is 0 Å². The number of allylic oxidation sites excluding steroid dienone is 1. The molecule has 1 aliphatic rings. The van der Waals surface area contributed by atoms with E-state index in [1.807, 2.05) is 12.1 Å². The predicted octanol–water partition coefficient (Wildman–Crippen LogP) is 2.65. The molecule has 0 bridgehead atoms. The number of amides is 2. The third kappa shape index (κ3) is 3.24. The van der Waals surface area contributed by atoms with Crippen LogP contribution in [0.15, 0.2) is 33.9 Å². The normalized spacial score (nSPS) is 17.6. The highest BCUT2D eigenvalue weighted by Crippen LogP contribution is 2.35. The quantitative estimate of drug-likeness (QED) is 0.800. The van der Waals surface area contributed by atoms with Gasteiger partial charge in [-0.1, -0.05) is 15.9 Å². The smallest absolute Gasteiger partial charge is 0.338 e. The van der Waals surface area contributed by atoms with Gasteiger partial charge >= 0.3 is 12.0 Å². The summed E-state index contributed by atoms with van der Waals surface area (Å²) in [7, 11) is 1.54. The topological polar surface area (TPSA) is 76.7 Å². The average molecular weight is 369 g/mol. The first-order valence-corrected chi connectivity index (χ1v) is 7.56. The molecular weight excluding hydrogens is 352 g/mol. The van der Waals surface area contributed by atoms with Crippen molar-refractivity contribution in [2.45, 2.75) is 19.9 Å². The van der Waals surface area contributed by atoms with Gasteiger partial charge in [-0.05, 0) is 32.0 Å². The summed E-state index contributed by atoms with van der Waals surface area (Å²) in [6.07, 6.45) is 0. The monoisotopic (exact) mass is 368 g/mol. The minimum absolute atomic E-state index is 0.256. The van der Waals surface area contributed by atoms with Gasteiger partial charge in [0.15, 0.2) is 0 Å². The summed E-state index contributed by atoms with van der Waals surface area (Å²) < 4.78 is 11.3. The van der Waals surface area contributed by atoms with Gasteiger partial charge in [0.05, 0.1) is 25.3 Å². The van der Waals surface area contributed by atoms with Crippen LogP contribution in [0.5, 0.6) is 5.75 Å². The fraction of sp³-hybridized carbons (Fsp3) is 0.333. The van der Waals surface area contributed by atoms with E-state index in [9.17, 15) is 9.59 Å². The fourth-order valence-corrected chi connectivity index (χ4v) is 2.72. The maximum absolute atomic E-state index is 12.3. The largest absolute Gasteiger partial charge is 0.496 e. The SMILES string of the molecule is CCOC(=O)C1=C(C)NC(=O)NC1c1cc(Br)ccc1OC. The molecule has 0 aliphatic carbocycles. The molecule has 1 aromatic rings. The van der Waals surface area contributed by atoms with Crippen molar-refractivity contribution in [3.05, 3.63) is 39.5 Å². The molecule has 2 rings (SSSR count). The summed E-state index contributed by atoms with van der Waals surface area (Å²) in [5.74, 6) is 0.101. The zero-order valence-electron chi connectivity index (χ0n) is 12.5. The van der Waals surface area contributed by atoms with Crippen LogP contribution < -0.4 is 15.4 Å². The molecule has 7 heteroatoms. The number of carbonyl (C=O) groups is 2. The van der Waals surface area contributed by atoms with Crippen LogP contribution in [-0.4, -0.2) is 25.7 Å². The second-order valence-corrected chi connectivity index (χ2v) is 5.59. The molecule has 0 aromatic heterocycles. The number of carbonyl (C=O) groups excluding carboxylic acids is 2. The molecule has 0 fully saturated rings. The molecule has 0 saturated heterocycles. The summed E-state index contributed by atoms with van der Waals surface area (Å²) in [5, 5.41) is 5.34. The number of hydrogen-bond donors (Lipinski definition) is 2. The fourth-order valence-electron chi connectivity index (χ4n) is 2.34. The van der Waals surface area contributed by atoms with Crippen LogP contribution in [0.25, 0.3) is 0 Å². The molecule has 0 radical (unpaired) electrons. The molecule has 6 nitrogen and oxygen atoms in total. The minimum atomic E-state index is -0.639. The molecule has 0 saturated carbocycles. The summed E-state index contributed by atoms with van der Waals surface area (Å²) in [6, 6.07) is 4.39. The molecule has 1 unspecified atom stereocenters. The van der Waals surface area contributed by atoms with E-state index >= 15 is 0 Å². The van der Waals surface area contributed by atoms with Crippen molar-refractivity contribution >= 4 is 27.9 Å². The Bertz CT molecular complexity index is 642. The number of ether oxygens (including phenoxy) is 2. The molecule has 2 amide bonds. The van der Waals surface area contributed by atoms with Crippen molar-refractivity contribution in [3.63, 3.8) is 0 Å². The Morgan fingerprint density at radius 2 is 2.14 bits per heavy atom. The highest BCUT2D eigenvalue weighted by molar-refractivity contribution is 9.10. The maximum atomic E-state index is 12.3. The van der Waals surface area contributed by atoms with Gasteiger partial charge in [-0.15, -0.1) is 0 Å². The lowest BCUT2D eigenvalue weighted by Crippen LogP contribution is -2.45. The second-order valence-electron chi connectivity index (χ2n) is 4.68. The molecule has 22 heavy (non-hydrogen) atoms. The van der Waals surface area contributed by atoms with E-state index in [0.29, 0.717) is 22.6 Å². The summed E-state index contributed by atoms with van der Waals surface area (Å²) >= 11 is 3.39. The second kappa shape index (κ2) is 6.83. The third-order valence-corrected chi connectivity index (χ3v) is 3.76. The van der Waals surface area contributed by atoms with E-state index in [-0.39, 0.29) is 12.6 Å². The van der Waals surface area contributed by atoms with Crippen molar-refractivity contribution < 1.29 is 19.1 Å². The van der Waals surface area contributed by atoms with Crippen molar-refractivity contribution in [1.29, 1.82) is 0 Å². The molecule has 1 aromatic carbocycles. The Balaban J connectivity index is 2.55. The maximum Gasteiger partial charge on any atom is 0.338 e. The van der Waals surface area contributed by atoms with Crippen LogP contribution >= 0.6 is 15.9 Å². The first-order valence-electron chi connectivity index (χ1n) is 6.76. The van der Waals surface area contributed by atoms with E-state index in [4.69, 9.17) is 9.47 Å². The molecule has 0 spiro atoms. The summed E-state index contributed by atoms with van der Waals surface area (Å²) in [4.78, 5) is 24.1. The van der Waals surface area contributed by atoms with Gasteiger partial charge in [0.25, 0.3) is 0 Å². The van der Waals surface area contributed by atoms with Crippen LogP contribution in [0.3, 0.4) is 0 Å². The van der Waals surface area contributed by atoms with E-state index in [0.717, 1.165) is 4.47 Å². The van der Waals surface area contributed by atoms with E-state index in [2.05, 4.69) is 26.6 Å². The van der Waals surface area contributed by atoms with Gasteiger partial charge in [0, 0.05) is 15.7 Å². The number of nitrogens with one attached hydrogen (secondary N) is 2. The van der Waals surface area contributed by atoms with Crippen LogP contribution in [0.2, 0.25) is 0 Å². The van der Waals surface area contributed by atoms with Gasteiger partial charge in [0.1, 0.15) is 5.75 Å². The van der Waals surface area contributed by atoms with Crippen molar-refractivity contribution in [1.82, 2.24) is 10.6 Å².